The van der Waals surface area contributed by atoms with Gasteiger partial charge in [-0.05, 0) is 43.0 Å². The molecule has 1 aromatic carbocycles. The number of nitrogens with one attached hydrogen (secondary N) is 2. The molecular formula is C19H27ClN2O4. The second kappa shape index (κ2) is 11.5. The molecule has 2 unspecified atom stereocenters. The zero-order chi connectivity index (χ0) is 19.5. The standard InChI is InChI=1S/C19H27ClN2O4/c1-4-13(2)17(19(25)21-12-6-5-7-16(23)26-3)22-18(24)14-8-10-15(20)11-9-14/h8-11,13,17H,4-7,12H2,1-3H3,(H,21,25)(H,22,24). The van der Waals surface area contributed by atoms with Crippen molar-refractivity contribution in [3.63, 3.8) is 0 Å². The third kappa shape index (κ3) is 7.44. The summed E-state index contributed by atoms with van der Waals surface area (Å²) in [6.45, 7) is 4.33. The van der Waals surface area contributed by atoms with Crippen molar-refractivity contribution in [2.45, 2.75) is 45.6 Å². The predicted octanol–water partition coefficient (Wildman–Crippen LogP) is 2.94. The maximum absolute atomic E-state index is 12.5. The van der Waals surface area contributed by atoms with Crippen molar-refractivity contribution in [2.24, 2.45) is 5.92 Å². The van der Waals surface area contributed by atoms with Gasteiger partial charge < -0.3 is 15.4 Å². The van der Waals surface area contributed by atoms with Crippen molar-refractivity contribution in [1.82, 2.24) is 10.6 Å². The van der Waals surface area contributed by atoms with Gasteiger partial charge in [0.15, 0.2) is 0 Å². The Kier molecular flexibility index (Phi) is 9.73. The van der Waals surface area contributed by atoms with Gasteiger partial charge in [0, 0.05) is 23.6 Å². The van der Waals surface area contributed by atoms with Crippen LogP contribution in [0.3, 0.4) is 0 Å². The number of amides is 2. The number of carbonyl (C=O) groups is 3. The summed E-state index contributed by atoms with van der Waals surface area (Å²) in [7, 11) is 1.35. The molecule has 0 aliphatic carbocycles. The maximum Gasteiger partial charge on any atom is 0.305 e. The summed E-state index contributed by atoms with van der Waals surface area (Å²) in [6, 6.07) is 5.89. The van der Waals surface area contributed by atoms with E-state index in [1.54, 1.807) is 24.3 Å². The number of carbonyl (C=O) groups excluding carboxylic acids is 3. The second-order valence-corrected chi connectivity index (χ2v) is 6.60. The first-order chi connectivity index (χ1) is 12.4. The first-order valence-corrected chi connectivity index (χ1v) is 9.17. The Labute approximate surface area is 159 Å². The van der Waals surface area contributed by atoms with E-state index in [-0.39, 0.29) is 23.7 Å². The lowest BCUT2D eigenvalue weighted by Gasteiger charge is -2.23. The lowest BCUT2D eigenvalue weighted by molar-refractivity contribution is -0.140. The van der Waals surface area contributed by atoms with E-state index in [0.717, 1.165) is 6.42 Å². The number of rotatable bonds is 10. The van der Waals surface area contributed by atoms with Crippen LogP contribution >= 0.6 is 11.6 Å². The smallest absolute Gasteiger partial charge is 0.305 e. The van der Waals surface area contributed by atoms with E-state index < -0.39 is 6.04 Å². The van der Waals surface area contributed by atoms with Crippen molar-refractivity contribution < 1.29 is 19.1 Å². The van der Waals surface area contributed by atoms with E-state index in [0.29, 0.717) is 36.4 Å². The Morgan fingerprint density at radius 1 is 1.15 bits per heavy atom. The number of hydrogen-bond acceptors (Lipinski definition) is 4. The van der Waals surface area contributed by atoms with Gasteiger partial charge in [-0.25, -0.2) is 0 Å². The van der Waals surface area contributed by atoms with Gasteiger partial charge >= 0.3 is 5.97 Å². The van der Waals surface area contributed by atoms with Crippen LogP contribution in [0.4, 0.5) is 0 Å². The summed E-state index contributed by atoms with van der Waals surface area (Å²) in [6.07, 6.45) is 2.38. The topological polar surface area (TPSA) is 84.5 Å². The summed E-state index contributed by atoms with van der Waals surface area (Å²) < 4.78 is 4.57. The predicted molar refractivity (Wildman–Crippen MR) is 101 cm³/mol. The van der Waals surface area contributed by atoms with Gasteiger partial charge in [-0.2, -0.15) is 0 Å². The largest absolute Gasteiger partial charge is 0.469 e. The van der Waals surface area contributed by atoms with Crippen molar-refractivity contribution in [1.29, 1.82) is 0 Å². The molecule has 0 saturated heterocycles. The van der Waals surface area contributed by atoms with Crippen LogP contribution < -0.4 is 10.6 Å². The summed E-state index contributed by atoms with van der Waals surface area (Å²) in [5.74, 6) is -0.808. The lowest BCUT2D eigenvalue weighted by Crippen LogP contribution is -2.50. The SMILES string of the molecule is CCC(C)C(NC(=O)c1ccc(Cl)cc1)C(=O)NCCCCC(=O)OC. The molecule has 0 heterocycles. The van der Waals surface area contributed by atoms with E-state index >= 15 is 0 Å². The van der Waals surface area contributed by atoms with Crippen molar-refractivity contribution in [2.75, 3.05) is 13.7 Å². The average molecular weight is 383 g/mol. The maximum atomic E-state index is 12.5. The second-order valence-electron chi connectivity index (χ2n) is 6.17. The van der Waals surface area contributed by atoms with Gasteiger partial charge in [0.2, 0.25) is 5.91 Å². The highest BCUT2D eigenvalue weighted by Gasteiger charge is 2.26. The summed E-state index contributed by atoms with van der Waals surface area (Å²) >= 11 is 5.83. The molecule has 0 fully saturated rings. The molecule has 0 aromatic heterocycles. The Morgan fingerprint density at radius 3 is 2.38 bits per heavy atom. The molecular weight excluding hydrogens is 356 g/mol. The number of methoxy groups -OCH3 is 1. The van der Waals surface area contributed by atoms with Gasteiger partial charge in [0.1, 0.15) is 6.04 Å². The van der Waals surface area contributed by atoms with E-state index in [4.69, 9.17) is 11.6 Å². The molecule has 2 amide bonds. The molecule has 2 N–H and O–H groups in total. The Bertz CT molecular complexity index is 604. The van der Waals surface area contributed by atoms with Gasteiger partial charge in [0.05, 0.1) is 7.11 Å². The zero-order valence-corrected chi connectivity index (χ0v) is 16.3. The highest BCUT2D eigenvalue weighted by molar-refractivity contribution is 6.30. The van der Waals surface area contributed by atoms with Crippen LogP contribution in [0.1, 0.15) is 49.9 Å². The minimum atomic E-state index is -0.621. The van der Waals surface area contributed by atoms with Gasteiger partial charge in [-0.15, -0.1) is 0 Å². The Hall–Kier alpha value is -2.08. The highest BCUT2D eigenvalue weighted by atomic mass is 35.5. The molecule has 0 aliphatic rings. The third-order valence-electron chi connectivity index (χ3n) is 4.22. The Morgan fingerprint density at radius 2 is 1.81 bits per heavy atom. The number of halogens is 1. The van der Waals surface area contributed by atoms with Crippen LogP contribution in [-0.4, -0.2) is 37.5 Å². The highest BCUT2D eigenvalue weighted by Crippen LogP contribution is 2.12. The molecule has 0 bridgehead atoms. The number of esters is 1. The first kappa shape index (κ1) is 22.0. The van der Waals surface area contributed by atoms with Gasteiger partial charge in [-0.3, -0.25) is 14.4 Å². The van der Waals surface area contributed by atoms with Crippen LogP contribution in [0.25, 0.3) is 0 Å². The monoisotopic (exact) mass is 382 g/mol. The van der Waals surface area contributed by atoms with Gasteiger partial charge in [0.25, 0.3) is 5.91 Å². The number of benzene rings is 1. The third-order valence-corrected chi connectivity index (χ3v) is 4.48. The van der Waals surface area contributed by atoms with E-state index in [1.807, 2.05) is 13.8 Å². The van der Waals surface area contributed by atoms with Crippen molar-refractivity contribution in [3.8, 4) is 0 Å². The van der Waals surface area contributed by atoms with Crippen LogP contribution in [0, 0.1) is 5.92 Å². The fourth-order valence-electron chi connectivity index (χ4n) is 2.35. The molecule has 26 heavy (non-hydrogen) atoms. The zero-order valence-electron chi connectivity index (χ0n) is 15.5. The fraction of sp³-hybridized carbons (Fsp3) is 0.526. The van der Waals surface area contributed by atoms with E-state index in [1.165, 1.54) is 7.11 Å². The summed E-state index contributed by atoms with van der Waals surface area (Å²) in [4.78, 5) is 35.9. The van der Waals surface area contributed by atoms with E-state index in [2.05, 4.69) is 15.4 Å². The van der Waals surface area contributed by atoms with Crippen LogP contribution in [0.15, 0.2) is 24.3 Å². The molecule has 144 valence electrons. The van der Waals surface area contributed by atoms with Gasteiger partial charge in [-0.1, -0.05) is 31.9 Å². The summed E-state index contributed by atoms with van der Waals surface area (Å²) in [5, 5.41) is 6.18. The van der Waals surface area contributed by atoms with Crippen LogP contribution in [0.2, 0.25) is 5.02 Å². The molecule has 0 spiro atoms. The summed E-state index contributed by atoms with van der Waals surface area (Å²) in [5.41, 5.74) is 0.452. The van der Waals surface area contributed by atoms with Crippen molar-refractivity contribution in [3.05, 3.63) is 34.9 Å². The Balaban J connectivity index is 2.56. The molecule has 6 nitrogen and oxygen atoms in total. The molecule has 7 heteroatoms. The van der Waals surface area contributed by atoms with Crippen LogP contribution in [-0.2, 0) is 14.3 Å². The molecule has 1 rings (SSSR count). The minimum absolute atomic E-state index is 0.0127. The van der Waals surface area contributed by atoms with Crippen molar-refractivity contribution >= 4 is 29.4 Å². The van der Waals surface area contributed by atoms with E-state index in [9.17, 15) is 14.4 Å². The molecule has 0 radical (unpaired) electrons. The molecule has 1 aromatic rings. The minimum Gasteiger partial charge on any atom is -0.469 e. The molecule has 2 atom stereocenters. The number of ether oxygens (including phenoxy) is 1. The normalized spacial score (nSPS) is 12.8. The van der Waals surface area contributed by atoms with Crippen LogP contribution in [0.5, 0.6) is 0 Å². The molecule has 0 aliphatic heterocycles. The first-order valence-electron chi connectivity index (χ1n) is 8.80. The number of unbranched alkanes of at least 4 members (excludes halogenated alkanes) is 1. The molecule has 0 saturated carbocycles. The fourth-order valence-corrected chi connectivity index (χ4v) is 2.47. The number of hydrogen-bond donors (Lipinski definition) is 2. The quantitative estimate of drug-likeness (QED) is 0.481. The lowest BCUT2D eigenvalue weighted by atomic mass is 9.97. The average Bonchev–Trinajstić information content (AvgIpc) is 2.65.